The molecule has 1 saturated carbocycles. The van der Waals surface area contributed by atoms with Gasteiger partial charge in [-0.1, -0.05) is 6.07 Å². The Labute approximate surface area is 188 Å². The number of alkyl halides is 3. The number of nitrogens with zero attached hydrogens (tertiary/aromatic N) is 4. The molecule has 170 valence electrons. The van der Waals surface area contributed by atoms with Crippen LogP contribution in [0.4, 0.5) is 19.0 Å². The first-order chi connectivity index (χ1) is 15.8. The molecule has 33 heavy (non-hydrogen) atoms. The van der Waals surface area contributed by atoms with Gasteiger partial charge in [-0.2, -0.15) is 13.2 Å². The third-order valence-corrected chi connectivity index (χ3v) is 6.34. The molecule has 3 aromatic heterocycles. The number of nitrogens with one attached hydrogen (secondary N) is 1. The highest BCUT2D eigenvalue weighted by atomic mass is 19.4. The summed E-state index contributed by atoms with van der Waals surface area (Å²) in [5.41, 5.74) is 1.69. The minimum atomic E-state index is -4.42. The summed E-state index contributed by atoms with van der Waals surface area (Å²) in [7, 11) is 0. The zero-order valence-electron chi connectivity index (χ0n) is 17.9. The average molecular weight is 453 g/mol. The van der Waals surface area contributed by atoms with Crippen molar-refractivity contribution in [1.29, 1.82) is 0 Å². The number of carbonyl (C=O) groups excluding carboxylic acids is 1. The average Bonchev–Trinajstić information content (AvgIpc) is 3.39. The molecule has 1 saturated heterocycles. The van der Waals surface area contributed by atoms with Crippen LogP contribution in [-0.4, -0.2) is 44.4 Å². The molecule has 1 amide bonds. The normalized spacial score (nSPS) is 21.9. The molecule has 0 spiro atoms. The van der Waals surface area contributed by atoms with E-state index in [1.165, 1.54) is 6.07 Å². The molecular formula is C24H22F3N5O. The summed E-state index contributed by atoms with van der Waals surface area (Å²) in [5, 5.41) is 3.24. The first-order valence-electron chi connectivity index (χ1n) is 10.8. The Morgan fingerprint density at radius 3 is 2.61 bits per heavy atom. The fourth-order valence-corrected chi connectivity index (χ4v) is 4.84. The molecule has 0 aromatic carbocycles. The highest BCUT2D eigenvalue weighted by molar-refractivity contribution is 5.99. The topological polar surface area (TPSA) is 71.0 Å². The van der Waals surface area contributed by atoms with E-state index in [4.69, 9.17) is 0 Å². The Kier molecular flexibility index (Phi) is 5.26. The van der Waals surface area contributed by atoms with Crippen LogP contribution < -0.4 is 5.32 Å². The number of aryl methyl sites for hydroxylation is 1. The van der Waals surface area contributed by atoms with Crippen LogP contribution in [0.1, 0.15) is 34.6 Å². The molecule has 3 atom stereocenters. The quantitative estimate of drug-likeness (QED) is 0.626. The number of hydrogen-bond donors (Lipinski definition) is 1. The number of likely N-dealkylation sites (tertiary alicyclic amines) is 1. The highest BCUT2D eigenvalue weighted by Gasteiger charge is 2.47. The van der Waals surface area contributed by atoms with E-state index < -0.39 is 11.7 Å². The van der Waals surface area contributed by atoms with Crippen LogP contribution in [0, 0.1) is 12.8 Å². The van der Waals surface area contributed by atoms with E-state index in [1.54, 1.807) is 6.20 Å². The van der Waals surface area contributed by atoms with Crippen molar-refractivity contribution < 1.29 is 18.0 Å². The zero-order chi connectivity index (χ0) is 23.2. The van der Waals surface area contributed by atoms with Crippen molar-refractivity contribution in [3.8, 4) is 11.3 Å². The largest absolute Gasteiger partial charge is 0.417 e. The lowest BCUT2D eigenvalue weighted by Gasteiger charge is -2.34. The van der Waals surface area contributed by atoms with Gasteiger partial charge in [0.25, 0.3) is 5.91 Å². The summed E-state index contributed by atoms with van der Waals surface area (Å²) < 4.78 is 38.5. The van der Waals surface area contributed by atoms with E-state index in [1.807, 2.05) is 42.2 Å². The predicted octanol–water partition coefficient (Wildman–Crippen LogP) is 4.58. The maximum atomic E-state index is 13.6. The van der Waals surface area contributed by atoms with Crippen LogP contribution in [0.25, 0.3) is 11.3 Å². The van der Waals surface area contributed by atoms with Crippen LogP contribution in [0.2, 0.25) is 0 Å². The van der Waals surface area contributed by atoms with Gasteiger partial charge in [0.1, 0.15) is 11.5 Å². The van der Waals surface area contributed by atoms with Crippen LogP contribution >= 0.6 is 0 Å². The minimum Gasteiger partial charge on any atom is -0.365 e. The Morgan fingerprint density at radius 1 is 1.09 bits per heavy atom. The molecule has 3 unspecified atom stereocenters. The lowest BCUT2D eigenvalue weighted by atomic mass is 10.0. The van der Waals surface area contributed by atoms with E-state index in [9.17, 15) is 18.0 Å². The van der Waals surface area contributed by atoms with Gasteiger partial charge in [0.2, 0.25) is 0 Å². The summed E-state index contributed by atoms with van der Waals surface area (Å²) in [6.45, 7) is 2.48. The van der Waals surface area contributed by atoms with Crippen molar-refractivity contribution in [3.63, 3.8) is 0 Å². The van der Waals surface area contributed by atoms with Crippen molar-refractivity contribution in [2.24, 2.45) is 5.92 Å². The number of piperidine rings is 1. The maximum absolute atomic E-state index is 13.6. The van der Waals surface area contributed by atoms with Gasteiger partial charge in [-0.25, -0.2) is 9.97 Å². The van der Waals surface area contributed by atoms with Crippen LogP contribution in [0.3, 0.4) is 0 Å². The molecule has 6 nitrogen and oxygen atoms in total. The van der Waals surface area contributed by atoms with Crippen molar-refractivity contribution in [1.82, 2.24) is 19.9 Å². The summed E-state index contributed by atoms with van der Waals surface area (Å²) in [5.74, 6) is 0.545. The smallest absolute Gasteiger partial charge is 0.365 e. The molecule has 2 bridgehead atoms. The second-order valence-corrected chi connectivity index (χ2v) is 8.61. The molecule has 1 aliphatic heterocycles. The van der Waals surface area contributed by atoms with E-state index in [-0.39, 0.29) is 18.0 Å². The number of anilines is 1. The summed E-state index contributed by atoms with van der Waals surface area (Å²) in [6.07, 6.45) is -0.236. The number of carbonyl (C=O) groups is 1. The van der Waals surface area contributed by atoms with Gasteiger partial charge in [-0.05, 0) is 62.1 Å². The Hall–Kier alpha value is -3.49. The lowest BCUT2D eigenvalue weighted by molar-refractivity contribution is -0.137. The number of hydrogen-bond acceptors (Lipinski definition) is 5. The molecule has 1 aliphatic carbocycles. The van der Waals surface area contributed by atoms with E-state index in [2.05, 4.69) is 20.3 Å². The number of aromatic nitrogens is 3. The molecule has 1 N–H and O–H groups in total. The fourth-order valence-electron chi connectivity index (χ4n) is 4.84. The SMILES string of the molecule is Cc1ccc(-c2ccccn2)c(C(=O)N2CC3CC(Nc4ccc(C(F)(F)F)cn4)C2C3)n1. The summed E-state index contributed by atoms with van der Waals surface area (Å²) in [6, 6.07) is 11.4. The third kappa shape index (κ3) is 4.15. The molecule has 5 rings (SSSR count). The van der Waals surface area contributed by atoms with Crippen molar-refractivity contribution in [3.05, 3.63) is 71.8 Å². The number of rotatable bonds is 4. The number of amides is 1. The Balaban J connectivity index is 1.37. The van der Waals surface area contributed by atoms with Crippen molar-refractivity contribution in [2.45, 2.75) is 38.0 Å². The fraction of sp³-hybridized carbons (Fsp3) is 0.333. The maximum Gasteiger partial charge on any atom is 0.417 e. The van der Waals surface area contributed by atoms with Crippen molar-refractivity contribution >= 4 is 11.7 Å². The summed E-state index contributed by atoms with van der Waals surface area (Å²) in [4.78, 5) is 28.3. The lowest BCUT2D eigenvalue weighted by Crippen LogP contribution is -2.48. The first kappa shape index (κ1) is 21.4. The van der Waals surface area contributed by atoms with Gasteiger partial charge < -0.3 is 10.2 Å². The molecule has 4 heterocycles. The number of pyridine rings is 3. The van der Waals surface area contributed by atoms with E-state index in [0.717, 1.165) is 30.8 Å². The van der Waals surface area contributed by atoms with Gasteiger partial charge in [0.15, 0.2) is 0 Å². The summed E-state index contributed by atoms with van der Waals surface area (Å²) >= 11 is 0. The van der Waals surface area contributed by atoms with E-state index in [0.29, 0.717) is 35.2 Å². The third-order valence-electron chi connectivity index (χ3n) is 6.34. The highest BCUT2D eigenvalue weighted by Crippen LogP contribution is 2.40. The van der Waals surface area contributed by atoms with Gasteiger partial charge in [-0.15, -0.1) is 0 Å². The Bertz CT molecular complexity index is 1170. The Morgan fingerprint density at radius 2 is 1.94 bits per heavy atom. The van der Waals surface area contributed by atoms with Crippen molar-refractivity contribution in [2.75, 3.05) is 11.9 Å². The van der Waals surface area contributed by atoms with Gasteiger partial charge in [0.05, 0.1) is 17.3 Å². The predicted molar refractivity (Wildman–Crippen MR) is 116 cm³/mol. The minimum absolute atomic E-state index is 0.0783. The molecule has 3 aromatic rings. The number of fused-ring (bicyclic) bond motifs is 2. The second kappa shape index (κ2) is 8.13. The molecule has 2 aliphatic rings. The molecule has 2 fully saturated rings. The van der Waals surface area contributed by atoms with Crippen LogP contribution in [0.15, 0.2) is 54.9 Å². The molecule has 9 heteroatoms. The first-order valence-corrected chi connectivity index (χ1v) is 10.8. The van der Waals surface area contributed by atoms with Crippen LogP contribution in [0.5, 0.6) is 0 Å². The number of halogens is 3. The van der Waals surface area contributed by atoms with Gasteiger partial charge in [0, 0.05) is 36.2 Å². The standard InChI is InChI=1S/C24H22F3N5O/c1-14-5-7-17(18-4-2-3-9-28-18)22(30-14)23(33)32-13-15-10-19(20(32)11-15)31-21-8-6-16(12-29-21)24(25,26)27/h2-9,12,15,19-20H,10-11,13H2,1H3,(H,29,31). The monoisotopic (exact) mass is 453 g/mol. The molecular weight excluding hydrogens is 431 g/mol. The van der Waals surface area contributed by atoms with Gasteiger partial charge in [-0.3, -0.25) is 9.78 Å². The van der Waals surface area contributed by atoms with Crippen LogP contribution in [-0.2, 0) is 6.18 Å². The van der Waals surface area contributed by atoms with E-state index >= 15 is 0 Å². The second-order valence-electron chi connectivity index (χ2n) is 8.61. The van der Waals surface area contributed by atoms with Gasteiger partial charge >= 0.3 is 6.18 Å². The molecule has 0 radical (unpaired) electrons. The zero-order valence-corrected chi connectivity index (χ0v) is 17.9.